The monoisotopic (exact) mass is 587 g/mol. The van der Waals surface area contributed by atoms with Crippen LogP contribution in [-0.4, -0.2) is 93.1 Å². The number of carbonyl (C=O) groups excluding carboxylic acids is 1. The summed E-state index contributed by atoms with van der Waals surface area (Å²) in [6.07, 6.45) is 2.47. The predicted molar refractivity (Wildman–Crippen MR) is 157 cm³/mol. The third-order valence-electron chi connectivity index (χ3n) is 8.55. The number of pyridine rings is 1. The summed E-state index contributed by atoms with van der Waals surface area (Å²) in [5, 5.41) is 25.6. The average Bonchev–Trinajstić information content (AvgIpc) is 3.69. The van der Waals surface area contributed by atoms with Gasteiger partial charge in [-0.1, -0.05) is 11.3 Å². The molecule has 11 nitrogen and oxygen atoms in total. The number of fused-ring (bicyclic) bond motifs is 1. The number of anilines is 3. The lowest BCUT2D eigenvalue weighted by molar-refractivity contribution is -0.0161. The summed E-state index contributed by atoms with van der Waals surface area (Å²) in [5.74, 6) is 0.489. The maximum absolute atomic E-state index is 13.5. The SMILES string of the molecule is CCn1nc2ncc(N3CCC4(CN(C(=O)N5CC(O)C5)C4)C3)cc2c1N(C)c1nc(-c2ccc(F)cc2)c(C#N)s1. The molecular weight excluding hydrogens is 557 g/mol. The zero-order chi connectivity index (χ0) is 29.2. The highest BCUT2D eigenvalue weighted by Crippen LogP contribution is 2.43. The predicted octanol–water partition coefficient (Wildman–Crippen LogP) is 3.66. The van der Waals surface area contributed by atoms with Gasteiger partial charge in [-0.2, -0.15) is 10.4 Å². The molecule has 2 amide bonds. The van der Waals surface area contributed by atoms with E-state index in [1.54, 1.807) is 17.0 Å². The van der Waals surface area contributed by atoms with Crippen LogP contribution in [0.1, 0.15) is 18.2 Å². The maximum Gasteiger partial charge on any atom is 0.320 e. The number of halogens is 1. The van der Waals surface area contributed by atoms with Crippen LogP contribution in [0.4, 0.5) is 25.8 Å². The van der Waals surface area contributed by atoms with Gasteiger partial charge in [-0.3, -0.25) is 0 Å². The minimum atomic E-state index is -0.393. The highest BCUT2D eigenvalue weighted by molar-refractivity contribution is 7.16. The molecule has 1 N–H and O–H groups in total. The van der Waals surface area contributed by atoms with Gasteiger partial charge in [0.05, 0.1) is 36.5 Å². The molecule has 7 rings (SSSR count). The van der Waals surface area contributed by atoms with Crippen molar-refractivity contribution in [2.75, 3.05) is 56.1 Å². The zero-order valence-corrected chi connectivity index (χ0v) is 24.2. The topological polar surface area (TPSA) is 118 Å². The molecule has 0 aliphatic carbocycles. The van der Waals surface area contributed by atoms with Gasteiger partial charge in [0.15, 0.2) is 10.8 Å². The van der Waals surface area contributed by atoms with Crippen LogP contribution >= 0.6 is 11.3 Å². The quantitative estimate of drug-likeness (QED) is 0.376. The third kappa shape index (κ3) is 4.33. The first-order valence-corrected chi connectivity index (χ1v) is 14.8. The van der Waals surface area contributed by atoms with Crippen molar-refractivity contribution >= 4 is 45.0 Å². The zero-order valence-electron chi connectivity index (χ0n) is 23.4. The molecule has 3 aliphatic rings. The number of aliphatic hydroxyl groups excluding tert-OH is 1. The molecule has 3 aromatic heterocycles. The van der Waals surface area contributed by atoms with E-state index in [4.69, 9.17) is 15.1 Å². The Kier molecular flexibility index (Phi) is 6.29. The lowest BCUT2D eigenvalue weighted by Gasteiger charge is -2.51. The van der Waals surface area contributed by atoms with Gasteiger partial charge in [-0.05, 0) is 43.7 Å². The smallest absolute Gasteiger partial charge is 0.320 e. The second-order valence-corrected chi connectivity index (χ2v) is 12.4. The largest absolute Gasteiger partial charge is 0.389 e. The van der Waals surface area contributed by atoms with Crippen molar-refractivity contribution in [1.82, 2.24) is 29.5 Å². The summed E-state index contributed by atoms with van der Waals surface area (Å²) in [4.78, 5) is 30.5. The van der Waals surface area contributed by atoms with Crippen LogP contribution in [0, 0.1) is 22.6 Å². The number of urea groups is 1. The first-order chi connectivity index (χ1) is 20.3. The van der Waals surface area contributed by atoms with E-state index in [0.29, 0.717) is 46.5 Å². The number of β-amino-alcohol motifs (C(OH)–C–C–N with tert-alkyl or cyclic N) is 1. The molecule has 0 saturated carbocycles. The van der Waals surface area contributed by atoms with Gasteiger partial charge in [0, 0.05) is 50.7 Å². The van der Waals surface area contributed by atoms with Crippen molar-refractivity contribution in [2.24, 2.45) is 5.41 Å². The van der Waals surface area contributed by atoms with Gasteiger partial charge in [-0.15, -0.1) is 0 Å². The van der Waals surface area contributed by atoms with E-state index in [0.717, 1.165) is 49.5 Å². The summed E-state index contributed by atoms with van der Waals surface area (Å²) < 4.78 is 15.4. The minimum Gasteiger partial charge on any atom is -0.389 e. The lowest BCUT2D eigenvalue weighted by atomic mass is 9.79. The Morgan fingerprint density at radius 1 is 1.24 bits per heavy atom. The van der Waals surface area contributed by atoms with Gasteiger partial charge in [0.2, 0.25) is 0 Å². The van der Waals surface area contributed by atoms with Crippen molar-refractivity contribution < 1.29 is 14.3 Å². The van der Waals surface area contributed by atoms with Crippen LogP contribution in [-0.2, 0) is 6.54 Å². The molecule has 3 saturated heterocycles. The van der Waals surface area contributed by atoms with E-state index >= 15 is 0 Å². The summed E-state index contributed by atoms with van der Waals surface area (Å²) >= 11 is 1.28. The number of nitriles is 1. The first kappa shape index (κ1) is 26.6. The van der Waals surface area contributed by atoms with E-state index in [9.17, 15) is 19.6 Å². The first-order valence-electron chi connectivity index (χ1n) is 14.0. The fraction of sp³-hybridized carbons (Fsp3) is 0.414. The fourth-order valence-electron chi connectivity index (χ4n) is 6.28. The molecule has 1 aromatic carbocycles. The second kappa shape index (κ2) is 9.92. The number of nitrogens with zero attached hydrogens (tertiary/aromatic N) is 9. The van der Waals surface area contributed by atoms with E-state index in [1.807, 2.05) is 34.6 Å². The number of benzene rings is 1. The highest BCUT2D eigenvalue weighted by Gasteiger charge is 2.51. The van der Waals surface area contributed by atoms with Crippen molar-refractivity contribution in [2.45, 2.75) is 26.0 Å². The molecule has 0 bridgehead atoms. The molecule has 0 unspecified atom stereocenters. The second-order valence-electron chi connectivity index (χ2n) is 11.4. The van der Waals surface area contributed by atoms with E-state index in [-0.39, 0.29) is 17.3 Å². The molecule has 4 aromatic rings. The van der Waals surface area contributed by atoms with Crippen LogP contribution in [0.25, 0.3) is 22.3 Å². The van der Waals surface area contributed by atoms with Crippen LogP contribution in [0.3, 0.4) is 0 Å². The van der Waals surface area contributed by atoms with E-state index in [1.165, 1.54) is 23.5 Å². The summed E-state index contributed by atoms with van der Waals surface area (Å²) in [5.41, 5.74) is 2.92. The van der Waals surface area contributed by atoms with Crippen LogP contribution in [0.2, 0.25) is 0 Å². The van der Waals surface area contributed by atoms with E-state index < -0.39 is 6.10 Å². The number of hydrogen-bond acceptors (Lipinski definition) is 9. The van der Waals surface area contributed by atoms with Crippen molar-refractivity contribution in [1.29, 1.82) is 5.26 Å². The summed E-state index contributed by atoms with van der Waals surface area (Å²) in [6.45, 7) is 6.68. The Morgan fingerprint density at radius 2 is 2.00 bits per heavy atom. The number of thiazole rings is 1. The van der Waals surface area contributed by atoms with Gasteiger partial charge < -0.3 is 24.7 Å². The Bertz CT molecular complexity index is 1720. The minimum absolute atomic E-state index is 0.0245. The standard InChI is InChI=1S/C29H30FN9O2S/c1-3-39-26(35(2)27-33-24(23(11-31)42-27)18-4-6-19(30)7-5-18)22-10-20(12-32-25(22)34-39)36-9-8-29(15-36)16-38(17-29)28(41)37-13-21(40)14-37/h4-7,10,12,21,40H,3,8-9,13-17H2,1-2H3. The molecule has 0 radical (unpaired) electrons. The Balaban J connectivity index is 1.14. The number of hydrogen-bond donors (Lipinski definition) is 1. The Labute approximate surface area is 246 Å². The number of amides is 2. The molecule has 6 heterocycles. The lowest BCUT2D eigenvalue weighted by Crippen LogP contribution is -2.66. The van der Waals surface area contributed by atoms with E-state index in [2.05, 4.69) is 17.0 Å². The van der Waals surface area contributed by atoms with Gasteiger partial charge in [0.1, 0.15) is 28.3 Å². The molecule has 3 aliphatic heterocycles. The molecule has 0 atom stereocenters. The van der Waals surface area contributed by atoms with Crippen LogP contribution < -0.4 is 9.80 Å². The number of rotatable bonds is 5. The summed E-state index contributed by atoms with van der Waals surface area (Å²) in [7, 11) is 1.91. The number of aryl methyl sites for hydroxylation is 1. The van der Waals surface area contributed by atoms with Gasteiger partial charge in [0.25, 0.3) is 0 Å². The highest BCUT2D eigenvalue weighted by atomic mass is 32.1. The molecule has 1 spiro atoms. The maximum atomic E-state index is 13.5. The summed E-state index contributed by atoms with van der Waals surface area (Å²) in [6, 6.07) is 10.4. The van der Waals surface area contributed by atoms with Gasteiger partial charge >= 0.3 is 6.03 Å². The Morgan fingerprint density at radius 3 is 2.69 bits per heavy atom. The van der Waals surface area contributed by atoms with Crippen LogP contribution in [0.5, 0.6) is 0 Å². The van der Waals surface area contributed by atoms with Crippen molar-refractivity contribution in [3.63, 3.8) is 0 Å². The van der Waals surface area contributed by atoms with Crippen molar-refractivity contribution in [3.05, 3.63) is 47.2 Å². The molecular formula is C29H30FN9O2S. The number of aromatic nitrogens is 4. The number of likely N-dealkylation sites (tertiary alicyclic amines) is 2. The molecule has 13 heteroatoms. The molecule has 216 valence electrons. The number of carbonyl (C=O) groups is 1. The average molecular weight is 588 g/mol. The van der Waals surface area contributed by atoms with Gasteiger partial charge in [-0.25, -0.2) is 23.8 Å². The van der Waals surface area contributed by atoms with Crippen molar-refractivity contribution in [3.8, 4) is 17.3 Å². The Hall–Kier alpha value is -4.28. The molecule has 42 heavy (non-hydrogen) atoms. The molecule has 3 fully saturated rings. The fourth-order valence-corrected chi connectivity index (χ4v) is 7.13. The van der Waals surface area contributed by atoms with Crippen LogP contribution in [0.15, 0.2) is 36.5 Å². The number of aliphatic hydroxyl groups is 1. The normalized spacial score (nSPS) is 17.9. The third-order valence-corrected chi connectivity index (χ3v) is 9.59.